The van der Waals surface area contributed by atoms with Crippen molar-refractivity contribution in [3.05, 3.63) is 28.2 Å². The van der Waals surface area contributed by atoms with Crippen LogP contribution < -0.4 is 10.5 Å². The van der Waals surface area contributed by atoms with Crippen molar-refractivity contribution in [1.82, 2.24) is 4.72 Å². The summed E-state index contributed by atoms with van der Waals surface area (Å²) in [7, 11) is -2.43. The number of benzene rings is 1. The second kappa shape index (κ2) is 7.94. The van der Waals surface area contributed by atoms with E-state index in [4.69, 9.17) is 5.73 Å². The zero-order chi connectivity index (χ0) is 14.6. The topological polar surface area (TPSA) is 98.5 Å². The maximum Gasteiger partial charge on any atom is 0.337 e. The minimum absolute atomic E-state index is 0. The SMILES string of the molecule is COC(=O)c1ccc(S(=O)(=O)N[C@@H](C)CN)c(Br)c1.Cl. The molecule has 3 N–H and O–H groups in total. The maximum absolute atomic E-state index is 12.1. The highest BCUT2D eigenvalue weighted by Crippen LogP contribution is 2.23. The van der Waals surface area contributed by atoms with Gasteiger partial charge in [0.1, 0.15) is 0 Å². The Labute approximate surface area is 132 Å². The van der Waals surface area contributed by atoms with Crippen molar-refractivity contribution in [3.8, 4) is 0 Å². The number of rotatable bonds is 5. The molecule has 0 fully saturated rings. The Morgan fingerprint density at radius 3 is 2.55 bits per heavy atom. The molecule has 114 valence electrons. The molecule has 1 rings (SSSR count). The summed E-state index contributed by atoms with van der Waals surface area (Å²) in [5, 5.41) is 0. The summed E-state index contributed by atoms with van der Waals surface area (Å²) in [6.45, 7) is 1.85. The molecule has 0 unspecified atom stereocenters. The van der Waals surface area contributed by atoms with Crippen molar-refractivity contribution in [1.29, 1.82) is 0 Å². The average Bonchev–Trinajstić information content (AvgIpc) is 2.36. The largest absolute Gasteiger partial charge is 0.465 e. The normalized spacial score (nSPS) is 12.4. The van der Waals surface area contributed by atoms with Gasteiger partial charge in [-0.05, 0) is 41.1 Å². The molecular formula is C11H16BrClN2O4S. The highest BCUT2D eigenvalue weighted by Gasteiger charge is 2.20. The Bertz CT molecular complexity index is 580. The standard InChI is InChI=1S/C11H15BrN2O4S.ClH/c1-7(6-13)14-19(16,17)10-4-3-8(5-9(10)12)11(15)18-2;/h3-5,7,14H,6,13H2,1-2H3;1H/t7-;/m0./s1. The lowest BCUT2D eigenvalue weighted by molar-refractivity contribution is 0.0600. The van der Waals surface area contributed by atoms with Gasteiger partial charge in [0, 0.05) is 17.1 Å². The molecule has 0 saturated heterocycles. The molecular weight excluding hydrogens is 372 g/mol. The molecule has 0 aliphatic rings. The van der Waals surface area contributed by atoms with Gasteiger partial charge in [-0.3, -0.25) is 0 Å². The molecule has 0 heterocycles. The molecule has 1 atom stereocenters. The second-order valence-electron chi connectivity index (χ2n) is 3.89. The minimum Gasteiger partial charge on any atom is -0.465 e. The lowest BCUT2D eigenvalue weighted by atomic mass is 10.2. The summed E-state index contributed by atoms with van der Waals surface area (Å²) in [4.78, 5) is 11.4. The number of methoxy groups -OCH3 is 1. The van der Waals surface area contributed by atoms with Crippen molar-refractivity contribution in [2.24, 2.45) is 5.73 Å². The van der Waals surface area contributed by atoms with E-state index in [-0.39, 0.29) is 39.9 Å². The number of carbonyl (C=O) groups is 1. The van der Waals surface area contributed by atoms with Gasteiger partial charge in [-0.2, -0.15) is 0 Å². The van der Waals surface area contributed by atoms with Crippen LogP contribution in [0.3, 0.4) is 0 Å². The molecule has 0 aromatic heterocycles. The quantitative estimate of drug-likeness (QED) is 0.742. The first-order chi connectivity index (χ1) is 8.81. The van der Waals surface area contributed by atoms with E-state index in [1.807, 2.05) is 0 Å². The van der Waals surface area contributed by atoms with Crippen molar-refractivity contribution in [2.75, 3.05) is 13.7 Å². The number of hydrogen-bond acceptors (Lipinski definition) is 5. The zero-order valence-corrected chi connectivity index (χ0v) is 14.1. The van der Waals surface area contributed by atoms with Gasteiger partial charge in [0.05, 0.1) is 17.6 Å². The van der Waals surface area contributed by atoms with Gasteiger partial charge < -0.3 is 10.5 Å². The molecule has 0 aliphatic heterocycles. The van der Waals surface area contributed by atoms with E-state index in [9.17, 15) is 13.2 Å². The van der Waals surface area contributed by atoms with Gasteiger partial charge in [0.25, 0.3) is 0 Å². The van der Waals surface area contributed by atoms with E-state index in [1.165, 1.54) is 25.3 Å². The molecule has 6 nitrogen and oxygen atoms in total. The molecule has 0 amide bonds. The number of nitrogens with one attached hydrogen (secondary N) is 1. The van der Waals surface area contributed by atoms with Gasteiger partial charge >= 0.3 is 5.97 Å². The van der Waals surface area contributed by atoms with Gasteiger partial charge in [-0.25, -0.2) is 17.9 Å². The number of sulfonamides is 1. The second-order valence-corrected chi connectivity index (χ2v) is 6.43. The summed E-state index contributed by atoms with van der Waals surface area (Å²) >= 11 is 3.13. The van der Waals surface area contributed by atoms with Crippen molar-refractivity contribution in [3.63, 3.8) is 0 Å². The van der Waals surface area contributed by atoms with Crippen LogP contribution in [0.25, 0.3) is 0 Å². The van der Waals surface area contributed by atoms with Crippen LogP contribution in [0, 0.1) is 0 Å². The Balaban J connectivity index is 0.00000361. The average molecular weight is 388 g/mol. The minimum atomic E-state index is -3.68. The van der Waals surface area contributed by atoms with E-state index in [0.29, 0.717) is 0 Å². The molecule has 0 bridgehead atoms. The number of esters is 1. The highest BCUT2D eigenvalue weighted by atomic mass is 79.9. The van der Waals surface area contributed by atoms with Crippen molar-refractivity contribution >= 4 is 44.3 Å². The molecule has 0 radical (unpaired) electrons. The third kappa shape index (κ3) is 4.71. The monoisotopic (exact) mass is 386 g/mol. The van der Waals surface area contributed by atoms with Crippen LogP contribution in [0.5, 0.6) is 0 Å². The predicted molar refractivity (Wildman–Crippen MR) is 81.6 cm³/mol. The van der Waals surface area contributed by atoms with Crippen LogP contribution in [0.2, 0.25) is 0 Å². The molecule has 1 aromatic rings. The molecule has 0 saturated carbocycles. The van der Waals surface area contributed by atoms with E-state index in [0.717, 1.165) is 0 Å². The Hall–Kier alpha value is -0.670. The fraction of sp³-hybridized carbons (Fsp3) is 0.364. The number of ether oxygens (including phenoxy) is 1. The number of nitrogens with two attached hydrogens (primary N) is 1. The molecule has 0 aliphatic carbocycles. The third-order valence-corrected chi connectivity index (χ3v) is 4.92. The lowest BCUT2D eigenvalue weighted by Crippen LogP contribution is -2.37. The van der Waals surface area contributed by atoms with E-state index >= 15 is 0 Å². The summed E-state index contributed by atoms with van der Waals surface area (Å²) in [5.74, 6) is -0.534. The Morgan fingerprint density at radius 2 is 2.10 bits per heavy atom. The van der Waals surface area contributed by atoms with Gasteiger partial charge in [0.2, 0.25) is 10.0 Å². The highest BCUT2D eigenvalue weighted by molar-refractivity contribution is 9.10. The molecule has 1 aromatic carbocycles. The van der Waals surface area contributed by atoms with Gasteiger partial charge in [-0.15, -0.1) is 12.4 Å². The third-order valence-electron chi connectivity index (χ3n) is 2.35. The summed E-state index contributed by atoms with van der Waals surface area (Å²) in [5.41, 5.74) is 5.64. The summed E-state index contributed by atoms with van der Waals surface area (Å²) in [6, 6.07) is 3.74. The van der Waals surface area contributed by atoms with E-state index in [2.05, 4.69) is 25.4 Å². The van der Waals surface area contributed by atoms with Crippen LogP contribution in [0.4, 0.5) is 0 Å². The maximum atomic E-state index is 12.1. The molecule has 0 spiro atoms. The number of halogens is 2. The first-order valence-electron chi connectivity index (χ1n) is 5.42. The Kier molecular flexibility index (Phi) is 7.67. The van der Waals surface area contributed by atoms with Crippen molar-refractivity contribution in [2.45, 2.75) is 17.9 Å². The zero-order valence-electron chi connectivity index (χ0n) is 10.9. The molecule has 9 heteroatoms. The van der Waals surface area contributed by atoms with Crippen molar-refractivity contribution < 1.29 is 17.9 Å². The number of carbonyl (C=O) groups excluding carboxylic acids is 1. The predicted octanol–water partition coefficient (Wildman–Crippen LogP) is 1.28. The van der Waals surface area contributed by atoms with Crippen LogP contribution in [-0.4, -0.2) is 34.1 Å². The van der Waals surface area contributed by atoms with Gasteiger partial charge in [0.15, 0.2) is 0 Å². The van der Waals surface area contributed by atoms with Crippen LogP contribution in [-0.2, 0) is 14.8 Å². The lowest BCUT2D eigenvalue weighted by Gasteiger charge is -2.13. The van der Waals surface area contributed by atoms with Gasteiger partial charge in [-0.1, -0.05) is 0 Å². The fourth-order valence-electron chi connectivity index (χ4n) is 1.34. The van der Waals surface area contributed by atoms with Crippen LogP contribution in [0.1, 0.15) is 17.3 Å². The Morgan fingerprint density at radius 1 is 1.50 bits per heavy atom. The smallest absolute Gasteiger partial charge is 0.337 e. The molecule has 20 heavy (non-hydrogen) atoms. The van der Waals surface area contributed by atoms with E-state index in [1.54, 1.807) is 6.92 Å². The summed E-state index contributed by atoms with van der Waals surface area (Å²) < 4.78 is 31.4. The van der Waals surface area contributed by atoms with Crippen LogP contribution >= 0.6 is 28.3 Å². The first-order valence-corrected chi connectivity index (χ1v) is 7.69. The summed E-state index contributed by atoms with van der Waals surface area (Å²) in [6.07, 6.45) is 0. The van der Waals surface area contributed by atoms with E-state index < -0.39 is 16.0 Å². The first kappa shape index (κ1) is 19.3. The van der Waals surface area contributed by atoms with Crippen LogP contribution in [0.15, 0.2) is 27.6 Å². The fourth-order valence-corrected chi connectivity index (χ4v) is 3.67. The number of hydrogen-bond donors (Lipinski definition) is 2.